The Labute approximate surface area is 131 Å². The molecule has 5 nitrogen and oxygen atoms in total. The fourth-order valence-electron chi connectivity index (χ4n) is 1.60. The Morgan fingerprint density at radius 1 is 1.45 bits per heavy atom. The van der Waals surface area contributed by atoms with Gasteiger partial charge in [0.1, 0.15) is 0 Å². The fraction of sp³-hybridized carbons (Fsp3) is 0.417. The van der Waals surface area contributed by atoms with Gasteiger partial charge in [-0.05, 0) is 41.1 Å². The molecule has 0 bridgehead atoms. The van der Waals surface area contributed by atoms with Gasteiger partial charge in [0.2, 0.25) is 0 Å². The molecule has 0 spiro atoms. The maximum absolute atomic E-state index is 12.4. The van der Waals surface area contributed by atoms with Crippen molar-refractivity contribution in [2.45, 2.75) is 11.8 Å². The zero-order chi connectivity index (χ0) is 15.3. The van der Waals surface area contributed by atoms with Gasteiger partial charge in [0.15, 0.2) is 0 Å². The maximum atomic E-state index is 12.4. The summed E-state index contributed by atoms with van der Waals surface area (Å²) in [6.45, 7) is 3.16. The molecule has 0 unspecified atom stereocenters. The molecule has 1 amide bonds. The molecule has 20 heavy (non-hydrogen) atoms. The van der Waals surface area contributed by atoms with Crippen LogP contribution in [0.15, 0.2) is 27.6 Å². The first-order valence-corrected chi connectivity index (χ1v) is 8.94. The molecule has 0 aromatic heterocycles. The number of carbonyl (C=O) groups is 1. The summed E-state index contributed by atoms with van der Waals surface area (Å²) in [5, 5.41) is 0. The van der Waals surface area contributed by atoms with E-state index in [1.165, 1.54) is 18.2 Å². The lowest BCUT2D eigenvalue weighted by Gasteiger charge is -2.21. The van der Waals surface area contributed by atoms with E-state index in [1.54, 1.807) is 12.0 Å². The number of amides is 1. The summed E-state index contributed by atoms with van der Waals surface area (Å²) in [7, 11) is 2.98. The maximum Gasteiger partial charge on any atom is 0.261 e. The van der Waals surface area contributed by atoms with Gasteiger partial charge in [0.25, 0.3) is 15.0 Å². The van der Waals surface area contributed by atoms with Crippen LogP contribution < -0.4 is 0 Å². The molecule has 8 heteroatoms. The molecule has 0 heterocycles. The smallest absolute Gasteiger partial charge is 0.261 e. The van der Waals surface area contributed by atoms with Gasteiger partial charge in [-0.25, -0.2) is 8.42 Å². The Balaban J connectivity index is 3.14. The van der Waals surface area contributed by atoms with Crippen molar-refractivity contribution < 1.29 is 17.9 Å². The van der Waals surface area contributed by atoms with E-state index in [0.717, 1.165) is 0 Å². The van der Waals surface area contributed by atoms with Crippen LogP contribution in [0.25, 0.3) is 0 Å². The highest BCUT2D eigenvalue weighted by molar-refractivity contribution is 9.10. The van der Waals surface area contributed by atoms with E-state index in [1.807, 2.05) is 6.92 Å². The Hall–Kier alpha value is -0.630. The van der Waals surface area contributed by atoms with Crippen molar-refractivity contribution in [1.82, 2.24) is 4.90 Å². The number of methoxy groups -OCH3 is 1. The average Bonchev–Trinajstić information content (AvgIpc) is 2.38. The van der Waals surface area contributed by atoms with Crippen LogP contribution in [0.5, 0.6) is 0 Å². The highest BCUT2D eigenvalue weighted by Gasteiger charge is 2.20. The number of halogens is 2. The van der Waals surface area contributed by atoms with Gasteiger partial charge in [-0.15, -0.1) is 0 Å². The molecule has 0 aliphatic rings. The molecule has 0 fully saturated rings. The highest BCUT2D eigenvalue weighted by Crippen LogP contribution is 2.24. The molecule has 1 aromatic rings. The lowest BCUT2D eigenvalue weighted by Crippen LogP contribution is -2.34. The Bertz CT molecular complexity index is 591. The van der Waals surface area contributed by atoms with Crippen LogP contribution >= 0.6 is 26.6 Å². The summed E-state index contributed by atoms with van der Waals surface area (Å²) in [4.78, 5) is 13.8. The van der Waals surface area contributed by atoms with Crippen LogP contribution in [0.3, 0.4) is 0 Å². The minimum absolute atomic E-state index is 0.103. The number of likely N-dealkylation sites (N-methyl/N-ethyl adjacent to an activating group) is 1. The second-order valence-electron chi connectivity index (χ2n) is 3.96. The van der Waals surface area contributed by atoms with Crippen molar-refractivity contribution in [3.63, 3.8) is 0 Å². The van der Waals surface area contributed by atoms with Gasteiger partial charge < -0.3 is 9.64 Å². The highest BCUT2D eigenvalue weighted by atomic mass is 79.9. The Morgan fingerprint density at radius 3 is 2.60 bits per heavy atom. The van der Waals surface area contributed by atoms with Crippen molar-refractivity contribution in [3.8, 4) is 0 Å². The first kappa shape index (κ1) is 17.4. The van der Waals surface area contributed by atoms with Gasteiger partial charge in [-0.2, -0.15) is 0 Å². The normalized spacial score (nSPS) is 11.4. The molecule has 0 atom stereocenters. The van der Waals surface area contributed by atoms with Crippen LogP contribution in [-0.2, 0) is 13.8 Å². The van der Waals surface area contributed by atoms with Crippen LogP contribution in [0.4, 0.5) is 0 Å². The molecule has 0 N–H and O–H groups in total. The number of hydrogen-bond acceptors (Lipinski definition) is 4. The van der Waals surface area contributed by atoms with E-state index in [9.17, 15) is 13.2 Å². The summed E-state index contributed by atoms with van der Waals surface area (Å²) < 4.78 is 28.1. The van der Waals surface area contributed by atoms with E-state index in [0.29, 0.717) is 24.2 Å². The van der Waals surface area contributed by atoms with E-state index in [-0.39, 0.29) is 16.4 Å². The minimum Gasteiger partial charge on any atom is -0.383 e. The standard InChI is InChI=1S/C12H15BrClNO4S/c1-3-15(6-7-19-2)12(16)10-8-9(20(14,17)18)4-5-11(10)13/h4-5,8H,3,6-7H2,1-2H3. The average molecular weight is 385 g/mol. The zero-order valence-corrected chi connectivity index (χ0v) is 14.3. The number of rotatable bonds is 6. The third-order valence-corrected chi connectivity index (χ3v) is 4.73. The minimum atomic E-state index is -3.87. The number of ether oxygens (including phenoxy) is 1. The monoisotopic (exact) mass is 383 g/mol. The fourth-order valence-corrected chi connectivity index (χ4v) is 2.79. The third kappa shape index (κ3) is 4.44. The Kier molecular flexibility index (Phi) is 6.44. The zero-order valence-electron chi connectivity index (χ0n) is 11.1. The summed E-state index contributed by atoms with van der Waals surface area (Å²) in [5.41, 5.74) is 0.254. The predicted octanol–water partition coefficient (Wildman–Crippen LogP) is 2.49. The van der Waals surface area contributed by atoms with Gasteiger partial charge >= 0.3 is 0 Å². The van der Waals surface area contributed by atoms with Crippen LogP contribution in [0.2, 0.25) is 0 Å². The van der Waals surface area contributed by atoms with Gasteiger partial charge in [0, 0.05) is 35.4 Å². The topological polar surface area (TPSA) is 63.7 Å². The van der Waals surface area contributed by atoms with Gasteiger partial charge in [0.05, 0.1) is 17.1 Å². The molecule has 0 radical (unpaired) electrons. The molecular formula is C12H15BrClNO4S. The molecule has 0 saturated heterocycles. The van der Waals surface area contributed by atoms with Gasteiger partial charge in [-0.3, -0.25) is 4.79 Å². The predicted molar refractivity (Wildman–Crippen MR) is 80.6 cm³/mol. The summed E-state index contributed by atoms with van der Waals surface area (Å²) in [5.74, 6) is -0.279. The molecule has 112 valence electrons. The van der Waals surface area contributed by atoms with Crippen molar-refractivity contribution in [2.24, 2.45) is 0 Å². The van der Waals surface area contributed by atoms with E-state index < -0.39 is 9.05 Å². The van der Waals surface area contributed by atoms with Crippen molar-refractivity contribution in [3.05, 3.63) is 28.2 Å². The van der Waals surface area contributed by atoms with Crippen molar-refractivity contribution in [2.75, 3.05) is 26.8 Å². The van der Waals surface area contributed by atoms with E-state index in [2.05, 4.69) is 15.9 Å². The lowest BCUT2D eigenvalue weighted by atomic mass is 10.2. The first-order valence-electron chi connectivity index (χ1n) is 5.83. The SMILES string of the molecule is CCN(CCOC)C(=O)c1cc(S(=O)(=O)Cl)ccc1Br. The summed E-state index contributed by atoms with van der Waals surface area (Å²) in [6.07, 6.45) is 0. The molecule has 1 aromatic carbocycles. The van der Waals surface area contributed by atoms with Gasteiger partial charge in [-0.1, -0.05) is 0 Å². The summed E-state index contributed by atoms with van der Waals surface area (Å²) in [6, 6.07) is 4.10. The van der Waals surface area contributed by atoms with Crippen LogP contribution in [0, 0.1) is 0 Å². The molecule has 0 saturated carbocycles. The molecule has 0 aliphatic heterocycles. The van der Waals surface area contributed by atoms with E-state index in [4.69, 9.17) is 15.4 Å². The largest absolute Gasteiger partial charge is 0.383 e. The first-order chi connectivity index (χ1) is 9.31. The second kappa shape index (κ2) is 7.40. The molecular weight excluding hydrogens is 370 g/mol. The Morgan fingerprint density at radius 2 is 2.10 bits per heavy atom. The molecule has 0 aliphatic carbocycles. The van der Waals surface area contributed by atoms with Crippen LogP contribution in [0.1, 0.15) is 17.3 Å². The summed E-state index contributed by atoms with van der Waals surface area (Å²) >= 11 is 3.25. The quantitative estimate of drug-likeness (QED) is 0.707. The lowest BCUT2D eigenvalue weighted by molar-refractivity contribution is 0.0705. The number of carbonyl (C=O) groups excluding carboxylic acids is 1. The van der Waals surface area contributed by atoms with Crippen LogP contribution in [-0.4, -0.2) is 46.0 Å². The number of hydrogen-bond donors (Lipinski definition) is 0. The van der Waals surface area contributed by atoms with Crippen molar-refractivity contribution >= 4 is 41.6 Å². The van der Waals surface area contributed by atoms with Crippen molar-refractivity contribution in [1.29, 1.82) is 0 Å². The second-order valence-corrected chi connectivity index (χ2v) is 7.38. The third-order valence-electron chi connectivity index (χ3n) is 2.68. The number of nitrogens with zero attached hydrogens (tertiary/aromatic N) is 1. The van der Waals surface area contributed by atoms with E-state index >= 15 is 0 Å². The number of benzene rings is 1. The molecule has 1 rings (SSSR count).